The van der Waals surface area contributed by atoms with E-state index in [2.05, 4.69) is 20.9 Å². The molecule has 0 radical (unpaired) electrons. The van der Waals surface area contributed by atoms with Gasteiger partial charge in [-0.05, 0) is 37.6 Å². The molecule has 1 unspecified atom stereocenters. The van der Waals surface area contributed by atoms with Gasteiger partial charge in [0.25, 0.3) is 5.91 Å². The smallest absolute Gasteiger partial charge is 0.254 e. The first-order chi connectivity index (χ1) is 14.4. The van der Waals surface area contributed by atoms with Gasteiger partial charge >= 0.3 is 0 Å². The molecule has 0 fully saturated rings. The van der Waals surface area contributed by atoms with E-state index in [1.165, 1.54) is 0 Å². The average Bonchev–Trinajstić information content (AvgIpc) is 3.01. The van der Waals surface area contributed by atoms with Gasteiger partial charge in [-0.15, -0.1) is 0 Å². The molecule has 0 aliphatic carbocycles. The number of amides is 3. The van der Waals surface area contributed by atoms with Gasteiger partial charge in [-0.3, -0.25) is 14.4 Å². The highest BCUT2D eigenvalue weighted by Crippen LogP contribution is 2.21. The van der Waals surface area contributed by atoms with Gasteiger partial charge in [0.2, 0.25) is 11.8 Å². The lowest BCUT2D eigenvalue weighted by molar-refractivity contribution is -0.122. The van der Waals surface area contributed by atoms with Crippen LogP contribution in [0, 0.1) is 0 Å². The minimum Gasteiger partial charge on any atom is -0.346 e. The number of hydrogen-bond acceptors (Lipinski definition) is 4. The molecule has 8 heteroatoms. The Morgan fingerprint density at radius 2 is 1.90 bits per heavy atom. The fourth-order valence-electron chi connectivity index (χ4n) is 3.72. The predicted octanol–water partition coefficient (Wildman–Crippen LogP) is 2.28. The molecule has 0 spiro atoms. The van der Waals surface area contributed by atoms with Crippen LogP contribution < -0.4 is 16.0 Å². The minimum absolute atomic E-state index is 0.100. The highest BCUT2D eigenvalue weighted by Gasteiger charge is 2.28. The van der Waals surface area contributed by atoms with Gasteiger partial charge in [-0.25, -0.2) is 4.98 Å². The number of fused-ring (bicyclic) bond motifs is 2. The molecule has 0 saturated carbocycles. The molecule has 3 amide bonds. The van der Waals surface area contributed by atoms with Crippen LogP contribution in [0.2, 0.25) is 0 Å². The van der Waals surface area contributed by atoms with Gasteiger partial charge in [-0.2, -0.15) is 0 Å². The Balaban J connectivity index is 1.38. The molecule has 2 heterocycles. The SMILES string of the molecule is C[C@H](NC(=O)CCC1NC(=O)c2ccccc2NC1=O)c1nc2ccccc2n1C. The molecular weight excluding hydrogens is 382 g/mol. The number of aryl methyl sites for hydroxylation is 1. The zero-order valence-corrected chi connectivity index (χ0v) is 16.8. The zero-order valence-electron chi connectivity index (χ0n) is 16.8. The summed E-state index contributed by atoms with van der Waals surface area (Å²) < 4.78 is 1.95. The molecule has 0 saturated heterocycles. The number of imidazole rings is 1. The maximum absolute atomic E-state index is 12.5. The summed E-state index contributed by atoms with van der Waals surface area (Å²) >= 11 is 0. The molecule has 1 aliphatic heterocycles. The first kappa shape index (κ1) is 19.6. The number of carbonyl (C=O) groups is 3. The topological polar surface area (TPSA) is 105 Å². The second-order valence-electron chi connectivity index (χ2n) is 7.41. The summed E-state index contributed by atoms with van der Waals surface area (Å²) in [5.41, 5.74) is 2.75. The molecule has 3 N–H and O–H groups in total. The molecule has 1 aliphatic rings. The summed E-state index contributed by atoms with van der Waals surface area (Å²) in [4.78, 5) is 41.9. The Hall–Kier alpha value is -3.68. The largest absolute Gasteiger partial charge is 0.346 e. The van der Waals surface area contributed by atoms with Crippen LogP contribution in [0.3, 0.4) is 0 Å². The lowest BCUT2D eigenvalue weighted by Gasteiger charge is -2.16. The summed E-state index contributed by atoms with van der Waals surface area (Å²) in [6, 6.07) is 13.5. The number of aromatic nitrogens is 2. The third kappa shape index (κ3) is 3.76. The van der Waals surface area contributed by atoms with Crippen molar-refractivity contribution < 1.29 is 14.4 Å². The van der Waals surface area contributed by atoms with Crippen molar-refractivity contribution in [1.29, 1.82) is 0 Å². The molecule has 0 bridgehead atoms. The van der Waals surface area contributed by atoms with E-state index < -0.39 is 6.04 Å². The summed E-state index contributed by atoms with van der Waals surface area (Å²) in [5, 5.41) is 8.38. The van der Waals surface area contributed by atoms with Gasteiger partial charge in [0.15, 0.2) is 0 Å². The van der Waals surface area contributed by atoms with E-state index in [0.717, 1.165) is 16.9 Å². The van der Waals surface area contributed by atoms with Crippen molar-refractivity contribution in [3.05, 3.63) is 59.9 Å². The molecule has 8 nitrogen and oxygen atoms in total. The highest BCUT2D eigenvalue weighted by molar-refractivity contribution is 6.09. The van der Waals surface area contributed by atoms with Crippen molar-refractivity contribution >= 4 is 34.4 Å². The van der Waals surface area contributed by atoms with E-state index in [0.29, 0.717) is 11.3 Å². The predicted molar refractivity (Wildman–Crippen MR) is 113 cm³/mol. The van der Waals surface area contributed by atoms with Crippen LogP contribution in [0.1, 0.15) is 42.0 Å². The molecule has 30 heavy (non-hydrogen) atoms. The Morgan fingerprint density at radius 3 is 2.70 bits per heavy atom. The van der Waals surface area contributed by atoms with E-state index in [9.17, 15) is 14.4 Å². The highest BCUT2D eigenvalue weighted by atomic mass is 16.2. The third-order valence-electron chi connectivity index (χ3n) is 5.30. The van der Waals surface area contributed by atoms with Gasteiger partial charge in [0, 0.05) is 13.5 Å². The Bertz CT molecular complexity index is 1140. The number of benzene rings is 2. The summed E-state index contributed by atoms with van der Waals surface area (Å²) in [5.74, 6) is -0.120. The van der Waals surface area contributed by atoms with Crippen LogP contribution in [-0.4, -0.2) is 33.3 Å². The fraction of sp³-hybridized carbons (Fsp3) is 0.273. The quantitative estimate of drug-likeness (QED) is 0.606. The number of rotatable bonds is 5. The second kappa shape index (κ2) is 7.98. The maximum atomic E-state index is 12.5. The van der Waals surface area contributed by atoms with Gasteiger partial charge < -0.3 is 20.5 Å². The monoisotopic (exact) mass is 405 g/mol. The Kier molecular flexibility index (Phi) is 5.22. The fourth-order valence-corrected chi connectivity index (χ4v) is 3.72. The second-order valence-corrected chi connectivity index (χ2v) is 7.41. The molecular formula is C22H23N5O3. The Morgan fingerprint density at radius 1 is 1.17 bits per heavy atom. The normalized spacial score (nSPS) is 16.9. The number of carbonyl (C=O) groups excluding carboxylic acids is 3. The van der Waals surface area contributed by atoms with Crippen LogP contribution >= 0.6 is 0 Å². The number of hydrogen-bond donors (Lipinski definition) is 3. The van der Waals surface area contributed by atoms with Gasteiger partial charge in [0.1, 0.15) is 11.9 Å². The first-order valence-electron chi connectivity index (χ1n) is 9.85. The van der Waals surface area contributed by atoms with E-state index in [-0.39, 0.29) is 36.6 Å². The molecule has 154 valence electrons. The maximum Gasteiger partial charge on any atom is 0.254 e. The van der Waals surface area contributed by atoms with Crippen LogP contribution in [0.15, 0.2) is 48.5 Å². The van der Waals surface area contributed by atoms with E-state index in [1.54, 1.807) is 24.3 Å². The summed E-state index contributed by atoms with van der Waals surface area (Å²) in [7, 11) is 1.91. The van der Waals surface area contributed by atoms with Gasteiger partial charge in [-0.1, -0.05) is 24.3 Å². The molecule has 2 aromatic carbocycles. The van der Waals surface area contributed by atoms with Crippen molar-refractivity contribution in [2.75, 3.05) is 5.32 Å². The van der Waals surface area contributed by atoms with Crippen molar-refractivity contribution in [3.8, 4) is 0 Å². The van der Waals surface area contributed by atoms with Crippen LogP contribution in [0.4, 0.5) is 5.69 Å². The molecule has 1 aromatic heterocycles. The number of anilines is 1. The lowest BCUT2D eigenvalue weighted by Crippen LogP contribution is -2.42. The zero-order chi connectivity index (χ0) is 21.3. The molecule has 4 rings (SSSR count). The third-order valence-corrected chi connectivity index (χ3v) is 5.30. The van der Waals surface area contributed by atoms with Crippen molar-refractivity contribution in [2.24, 2.45) is 7.05 Å². The molecule has 2 atom stereocenters. The molecule has 3 aromatic rings. The van der Waals surface area contributed by atoms with E-state index in [1.807, 2.05) is 42.8 Å². The van der Waals surface area contributed by atoms with Crippen molar-refractivity contribution in [2.45, 2.75) is 31.8 Å². The van der Waals surface area contributed by atoms with Crippen molar-refractivity contribution in [1.82, 2.24) is 20.2 Å². The van der Waals surface area contributed by atoms with Crippen LogP contribution in [0.5, 0.6) is 0 Å². The number of nitrogens with one attached hydrogen (secondary N) is 3. The van der Waals surface area contributed by atoms with Crippen LogP contribution in [0.25, 0.3) is 11.0 Å². The standard InChI is InChI=1S/C22H23N5O3/c1-13(20-24-16-9-5-6-10-18(16)27(20)2)23-19(28)12-11-17-22(30)25-15-8-4-3-7-14(15)21(29)26-17/h3-10,13,17H,11-12H2,1-2H3,(H,23,28)(H,25,30)(H,26,29)/t13-,17?/m0/s1. The number of para-hydroxylation sites is 3. The number of nitrogens with zero attached hydrogens (tertiary/aromatic N) is 2. The average molecular weight is 405 g/mol. The lowest BCUT2D eigenvalue weighted by atomic mass is 10.1. The van der Waals surface area contributed by atoms with Crippen molar-refractivity contribution in [3.63, 3.8) is 0 Å². The Labute approximate surface area is 173 Å². The minimum atomic E-state index is -0.776. The first-order valence-corrected chi connectivity index (χ1v) is 9.85. The van der Waals surface area contributed by atoms with E-state index in [4.69, 9.17) is 0 Å². The summed E-state index contributed by atoms with van der Waals surface area (Å²) in [6.07, 6.45) is 0.301. The summed E-state index contributed by atoms with van der Waals surface area (Å²) in [6.45, 7) is 1.87. The van der Waals surface area contributed by atoms with E-state index >= 15 is 0 Å². The van der Waals surface area contributed by atoms with Crippen LogP contribution in [-0.2, 0) is 16.6 Å². The van der Waals surface area contributed by atoms with Gasteiger partial charge in [0.05, 0.1) is 28.3 Å².